The minimum absolute atomic E-state index is 0.0133. The van der Waals surface area contributed by atoms with Crippen LogP contribution >= 0.6 is 11.6 Å². The lowest BCUT2D eigenvalue weighted by atomic mass is 10.1. The standard InChI is InChI=1S/C27H29ClF3N5O4/c1-3-36(4-2)25(37)23-13-19(9-11-33-23)40-18-7-5-17(6-8-18)16-34-26(38)35-22-14-20(27(29,30)31)21(28)15-24(22)39-12-10-32/h5-9,11,13-15H,3-4,10,12,16,32H2,1-2H3,(H2,34,35,38). The van der Waals surface area contributed by atoms with Gasteiger partial charge in [0.15, 0.2) is 0 Å². The molecule has 13 heteroatoms. The number of anilines is 1. The molecule has 0 fully saturated rings. The summed E-state index contributed by atoms with van der Waals surface area (Å²) in [6.45, 7) is 5.10. The van der Waals surface area contributed by atoms with Crippen LogP contribution in [0, 0.1) is 0 Å². The number of benzene rings is 2. The fraction of sp³-hybridized carbons (Fsp3) is 0.296. The molecule has 0 aliphatic rings. The summed E-state index contributed by atoms with van der Waals surface area (Å²) >= 11 is 5.76. The first kappa shape index (κ1) is 30.5. The minimum atomic E-state index is -4.72. The number of nitrogens with two attached hydrogens (primary N) is 1. The molecule has 0 radical (unpaired) electrons. The topological polar surface area (TPSA) is 119 Å². The van der Waals surface area contributed by atoms with Crippen molar-refractivity contribution in [3.05, 3.63) is 76.6 Å². The molecule has 9 nitrogen and oxygen atoms in total. The van der Waals surface area contributed by atoms with Gasteiger partial charge in [-0.05, 0) is 43.7 Å². The Balaban J connectivity index is 1.63. The molecule has 0 aliphatic heterocycles. The van der Waals surface area contributed by atoms with Gasteiger partial charge in [-0.25, -0.2) is 4.79 Å². The first-order valence-corrected chi connectivity index (χ1v) is 12.7. The van der Waals surface area contributed by atoms with Crippen molar-refractivity contribution < 1.29 is 32.2 Å². The van der Waals surface area contributed by atoms with E-state index in [0.717, 1.165) is 6.07 Å². The number of amides is 3. The highest BCUT2D eigenvalue weighted by Crippen LogP contribution is 2.40. The predicted octanol–water partition coefficient (Wildman–Crippen LogP) is 5.69. The summed E-state index contributed by atoms with van der Waals surface area (Å²) in [5.74, 6) is 0.687. The molecular weight excluding hydrogens is 551 g/mol. The van der Waals surface area contributed by atoms with Crippen LogP contribution in [0.4, 0.5) is 23.7 Å². The van der Waals surface area contributed by atoms with Gasteiger partial charge in [0.05, 0.1) is 16.3 Å². The number of alkyl halides is 3. The molecule has 4 N–H and O–H groups in total. The van der Waals surface area contributed by atoms with E-state index in [-0.39, 0.29) is 42.7 Å². The van der Waals surface area contributed by atoms with E-state index in [2.05, 4.69) is 15.6 Å². The summed E-state index contributed by atoms with van der Waals surface area (Å²) in [6, 6.07) is 10.9. The molecule has 3 rings (SSSR count). The molecule has 2 aromatic carbocycles. The minimum Gasteiger partial charge on any atom is -0.490 e. The maximum atomic E-state index is 13.3. The number of nitrogens with zero attached hydrogens (tertiary/aromatic N) is 2. The highest BCUT2D eigenvalue weighted by Gasteiger charge is 2.34. The van der Waals surface area contributed by atoms with Gasteiger partial charge in [0.1, 0.15) is 29.5 Å². The maximum Gasteiger partial charge on any atom is 0.417 e. The van der Waals surface area contributed by atoms with Crippen LogP contribution < -0.4 is 25.8 Å². The van der Waals surface area contributed by atoms with E-state index < -0.39 is 22.8 Å². The SMILES string of the molecule is CCN(CC)C(=O)c1cc(Oc2ccc(CNC(=O)Nc3cc(C(F)(F)F)c(Cl)cc3OCCN)cc2)ccn1. The van der Waals surface area contributed by atoms with E-state index in [1.54, 1.807) is 41.3 Å². The highest BCUT2D eigenvalue weighted by atomic mass is 35.5. The Bertz CT molecular complexity index is 1320. The van der Waals surface area contributed by atoms with E-state index in [0.29, 0.717) is 36.2 Å². The lowest BCUT2D eigenvalue weighted by Gasteiger charge is -2.18. The van der Waals surface area contributed by atoms with E-state index in [1.165, 1.54) is 6.20 Å². The zero-order valence-electron chi connectivity index (χ0n) is 21.8. The number of pyridine rings is 1. The van der Waals surface area contributed by atoms with Crippen LogP contribution in [-0.2, 0) is 12.7 Å². The van der Waals surface area contributed by atoms with Crippen molar-refractivity contribution in [2.24, 2.45) is 5.73 Å². The summed E-state index contributed by atoms with van der Waals surface area (Å²) in [5, 5.41) is 4.38. The predicted molar refractivity (Wildman–Crippen MR) is 145 cm³/mol. The second kappa shape index (κ2) is 13.9. The number of aromatic nitrogens is 1. The molecule has 40 heavy (non-hydrogen) atoms. The monoisotopic (exact) mass is 579 g/mol. The smallest absolute Gasteiger partial charge is 0.417 e. The van der Waals surface area contributed by atoms with Crippen molar-refractivity contribution in [2.75, 3.05) is 31.6 Å². The largest absolute Gasteiger partial charge is 0.490 e. The zero-order chi connectivity index (χ0) is 29.3. The van der Waals surface area contributed by atoms with Crippen molar-refractivity contribution in [3.63, 3.8) is 0 Å². The van der Waals surface area contributed by atoms with Crippen molar-refractivity contribution >= 4 is 29.2 Å². The Hall–Kier alpha value is -4.03. The number of halogens is 4. The van der Waals surface area contributed by atoms with Crippen LogP contribution in [0.15, 0.2) is 54.7 Å². The van der Waals surface area contributed by atoms with Crippen LogP contribution in [0.3, 0.4) is 0 Å². The molecule has 0 bridgehead atoms. The molecule has 0 unspecified atom stereocenters. The van der Waals surface area contributed by atoms with Crippen LogP contribution in [0.25, 0.3) is 0 Å². The Labute approximate surface area is 234 Å². The van der Waals surface area contributed by atoms with Crippen LogP contribution in [0.5, 0.6) is 17.2 Å². The molecule has 214 valence electrons. The van der Waals surface area contributed by atoms with Gasteiger partial charge in [0.25, 0.3) is 5.91 Å². The molecule has 0 saturated carbocycles. The number of hydrogen-bond acceptors (Lipinski definition) is 6. The van der Waals surface area contributed by atoms with Gasteiger partial charge in [-0.15, -0.1) is 0 Å². The fourth-order valence-electron chi connectivity index (χ4n) is 3.58. The van der Waals surface area contributed by atoms with Gasteiger partial charge in [-0.1, -0.05) is 23.7 Å². The molecule has 3 aromatic rings. The van der Waals surface area contributed by atoms with Gasteiger partial charge >= 0.3 is 12.2 Å². The van der Waals surface area contributed by atoms with Gasteiger partial charge in [-0.3, -0.25) is 9.78 Å². The Morgan fingerprint density at radius 2 is 1.75 bits per heavy atom. The molecule has 0 spiro atoms. The van der Waals surface area contributed by atoms with E-state index >= 15 is 0 Å². The number of nitrogens with one attached hydrogen (secondary N) is 2. The normalized spacial score (nSPS) is 11.1. The Morgan fingerprint density at radius 1 is 1.05 bits per heavy atom. The number of ether oxygens (including phenoxy) is 2. The molecule has 0 atom stereocenters. The lowest BCUT2D eigenvalue weighted by Crippen LogP contribution is -2.31. The van der Waals surface area contributed by atoms with E-state index in [9.17, 15) is 22.8 Å². The Kier molecular flexibility index (Phi) is 10.6. The van der Waals surface area contributed by atoms with Gasteiger partial charge in [-0.2, -0.15) is 13.2 Å². The average molecular weight is 580 g/mol. The van der Waals surface area contributed by atoms with Gasteiger partial charge in [0, 0.05) is 44.5 Å². The second-order valence-electron chi connectivity index (χ2n) is 8.37. The summed E-state index contributed by atoms with van der Waals surface area (Å²) in [6.07, 6.45) is -3.23. The molecular formula is C27H29ClF3N5O4. The number of rotatable bonds is 11. The molecule has 1 aromatic heterocycles. The third-order valence-corrected chi connectivity index (χ3v) is 5.92. The van der Waals surface area contributed by atoms with Crippen molar-refractivity contribution in [1.29, 1.82) is 0 Å². The zero-order valence-corrected chi connectivity index (χ0v) is 22.6. The number of carbonyl (C=O) groups is 2. The highest BCUT2D eigenvalue weighted by molar-refractivity contribution is 6.31. The van der Waals surface area contributed by atoms with Crippen molar-refractivity contribution in [3.8, 4) is 17.2 Å². The van der Waals surface area contributed by atoms with Crippen molar-refractivity contribution in [1.82, 2.24) is 15.2 Å². The molecule has 3 amide bonds. The fourth-order valence-corrected chi connectivity index (χ4v) is 3.84. The third kappa shape index (κ3) is 8.23. The first-order valence-electron chi connectivity index (χ1n) is 12.4. The molecule has 0 saturated heterocycles. The van der Waals surface area contributed by atoms with Gasteiger partial charge < -0.3 is 30.7 Å². The maximum absolute atomic E-state index is 13.3. The molecule has 1 heterocycles. The summed E-state index contributed by atoms with van der Waals surface area (Å²) in [5.41, 5.74) is 5.05. The first-order chi connectivity index (χ1) is 19.0. The third-order valence-electron chi connectivity index (χ3n) is 5.61. The number of carbonyl (C=O) groups excluding carboxylic acids is 2. The van der Waals surface area contributed by atoms with Gasteiger partial charge in [0.2, 0.25) is 0 Å². The van der Waals surface area contributed by atoms with Crippen LogP contribution in [0.1, 0.15) is 35.5 Å². The quantitative estimate of drug-likeness (QED) is 0.269. The average Bonchev–Trinajstić information content (AvgIpc) is 2.92. The van der Waals surface area contributed by atoms with Crippen LogP contribution in [-0.4, -0.2) is 48.1 Å². The van der Waals surface area contributed by atoms with Crippen molar-refractivity contribution in [2.45, 2.75) is 26.6 Å². The second-order valence-corrected chi connectivity index (χ2v) is 8.78. The van der Waals surface area contributed by atoms with E-state index in [4.69, 9.17) is 26.8 Å². The van der Waals surface area contributed by atoms with E-state index in [1.807, 2.05) is 13.8 Å². The summed E-state index contributed by atoms with van der Waals surface area (Å²) in [4.78, 5) is 30.8. The Morgan fingerprint density at radius 3 is 2.38 bits per heavy atom. The number of hydrogen-bond donors (Lipinski definition) is 3. The summed E-state index contributed by atoms with van der Waals surface area (Å²) < 4.78 is 51.1. The van der Waals surface area contributed by atoms with Crippen LogP contribution in [0.2, 0.25) is 5.02 Å². The lowest BCUT2D eigenvalue weighted by molar-refractivity contribution is -0.137. The number of urea groups is 1. The molecule has 0 aliphatic carbocycles. The summed E-state index contributed by atoms with van der Waals surface area (Å²) in [7, 11) is 0.